The zero-order valence-corrected chi connectivity index (χ0v) is 11.6. The van der Waals surface area contributed by atoms with Crippen molar-refractivity contribution >= 4 is 6.01 Å². The fourth-order valence-electron chi connectivity index (χ4n) is 2.56. The molecule has 0 aliphatic heterocycles. The number of hydrogen-bond donors (Lipinski definition) is 2. The highest BCUT2D eigenvalue weighted by Crippen LogP contribution is 2.28. The predicted molar refractivity (Wildman–Crippen MR) is 71.4 cm³/mol. The Kier molecular flexibility index (Phi) is 4.58. The standard InChI is InChI=1S/C13H24N4O/c1-4-10-6-5-7-11(8-10)15-13-17-16-12(18-13)9(2)14-3/h9-11,14H,4-8H2,1-3H3,(H,15,17). The molecule has 0 saturated heterocycles. The van der Waals surface area contributed by atoms with Crippen LogP contribution in [0.3, 0.4) is 0 Å². The van der Waals surface area contributed by atoms with Crippen molar-refractivity contribution in [2.75, 3.05) is 12.4 Å². The Bertz CT molecular complexity index is 366. The van der Waals surface area contributed by atoms with Crippen LogP contribution in [0.1, 0.15) is 57.9 Å². The Morgan fingerprint density at radius 3 is 2.94 bits per heavy atom. The highest BCUT2D eigenvalue weighted by Gasteiger charge is 2.22. The molecule has 1 aromatic rings. The molecule has 3 atom stereocenters. The van der Waals surface area contributed by atoms with Gasteiger partial charge in [0.1, 0.15) is 0 Å². The third-order valence-corrected chi connectivity index (χ3v) is 3.93. The van der Waals surface area contributed by atoms with Gasteiger partial charge in [0.15, 0.2) is 0 Å². The maximum absolute atomic E-state index is 5.61. The van der Waals surface area contributed by atoms with E-state index < -0.39 is 0 Å². The average molecular weight is 252 g/mol. The monoisotopic (exact) mass is 252 g/mol. The second-order valence-corrected chi connectivity index (χ2v) is 5.24. The van der Waals surface area contributed by atoms with Crippen molar-refractivity contribution in [3.8, 4) is 0 Å². The Morgan fingerprint density at radius 1 is 1.39 bits per heavy atom. The SMILES string of the molecule is CCC1CCCC(Nc2nnc(C(C)NC)o2)C1. The molecule has 0 amide bonds. The van der Waals surface area contributed by atoms with E-state index in [-0.39, 0.29) is 6.04 Å². The number of rotatable bonds is 5. The molecule has 2 rings (SSSR count). The zero-order chi connectivity index (χ0) is 13.0. The molecule has 1 aliphatic rings. The van der Waals surface area contributed by atoms with Gasteiger partial charge in [0.25, 0.3) is 0 Å². The van der Waals surface area contributed by atoms with Gasteiger partial charge in [0.05, 0.1) is 6.04 Å². The van der Waals surface area contributed by atoms with Gasteiger partial charge in [-0.25, -0.2) is 0 Å². The highest BCUT2D eigenvalue weighted by atomic mass is 16.4. The maximum Gasteiger partial charge on any atom is 0.315 e. The van der Waals surface area contributed by atoms with Gasteiger partial charge in [-0.05, 0) is 32.7 Å². The lowest BCUT2D eigenvalue weighted by atomic mass is 9.84. The first-order valence-electron chi connectivity index (χ1n) is 7.00. The third kappa shape index (κ3) is 3.22. The molecule has 5 nitrogen and oxygen atoms in total. The van der Waals surface area contributed by atoms with Crippen LogP contribution in [-0.2, 0) is 0 Å². The van der Waals surface area contributed by atoms with Crippen LogP contribution in [-0.4, -0.2) is 23.3 Å². The summed E-state index contributed by atoms with van der Waals surface area (Å²) in [7, 11) is 1.88. The zero-order valence-electron chi connectivity index (χ0n) is 11.6. The van der Waals surface area contributed by atoms with Crippen LogP contribution in [0, 0.1) is 5.92 Å². The van der Waals surface area contributed by atoms with Crippen molar-refractivity contribution in [1.29, 1.82) is 0 Å². The minimum atomic E-state index is 0.0998. The molecule has 1 heterocycles. The van der Waals surface area contributed by atoms with E-state index >= 15 is 0 Å². The summed E-state index contributed by atoms with van der Waals surface area (Å²) in [5.74, 6) is 1.48. The van der Waals surface area contributed by atoms with E-state index in [1.165, 1.54) is 32.1 Å². The molecule has 0 spiro atoms. The molecule has 102 valence electrons. The van der Waals surface area contributed by atoms with Crippen molar-refractivity contribution in [2.45, 2.75) is 58.0 Å². The van der Waals surface area contributed by atoms with Crippen LogP contribution < -0.4 is 10.6 Å². The second kappa shape index (κ2) is 6.18. The Hall–Kier alpha value is -1.10. The lowest BCUT2D eigenvalue weighted by Crippen LogP contribution is -2.27. The van der Waals surface area contributed by atoms with Gasteiger partial charge >= 0.3 is 6.01 Å². The van der Waals surface area contributed by atoms with Crippen LogP contribution >= 0.6 is 0 Å². The van der Waals surface area contributed by atoms with Crippen LogP contribution in [0.2, 0.25) is 0 Å². The minimum Gasteiger partial charge on any atom is -0.406 e. The molecule has 2 N–H and O–H groups in total. The van der Waals surface area contributed by atoms with Crippen LogP contribution in [0.25, 0.3) is 0 Å². The second-order valence-electron chi connectivity index (χ2n) is 5.24. The van der Waals surface area contributed by atoms with Gasteiger partial charge in [-0.2, -0.15) is 0 Å². The van der Waals surface area contributed by atoms with Gasteiger partial charge in [0, 0.05) is 6.04 Å². The predicted octanol–water partition coefficient (Wildman–Crippen LogP) is 2.73. The average Bonchev–Trinajstić information content (AvgIpc) is 2.86. The van der Waals surface area contributed by atoms with E-state index in [4.69, 9.17) is 4.42 Å². The smallest absolute Gasteiger partial charge is 0.315 e. The van der Waals surface area contributed by atoms with Crippen LogP contribution in [0.5, 0.6) is 0 Å². The first-order chi connectivity index (χ1) is 8.72. The van der Waals surface area contributed by atoms with Gasteiger partial charge in [-0.3, -0.25) is 0 Å². The molecule has 0 aromatic carbocycles. The molecule has 0 radical (unpaired) electrons. The van der Waals surface area contributed by atoms with Crippen LogP contribution in [0.4, 0.5) is 6.01 Å². The molecule has 3 unspecified atom stereocenters. The lowest BCUT2D eigenvalue weighted by Gasteiger charge is -2.28. The van der Waals surface area contributed by atoms with Crippen molar-refractivity contribution in [3.63, 3.8) is 0 Å². The summed E-state index contributed by atoms with van der Waals surface area (Å²) in [6.45, 7) is 4.28. The summed E-state index contributed by atoms with van der Waals surface area (Å²) >= 11 is 0. The lowest BCUT2D eigenvalue weighted by molar-refractivity contribution is 0.322. The number of hydrogen-bond acceptors (Lipinski definition) is 5. The van der Waals surface area contributed by atoms with E-state index in [1.807, 2.05) is 14.0 Å². The molecule has 1 fully saturated rings. The Balaban J connectivity index is 1.90. The van der Waals surface area contributed by atoms with Gasteiger partial charge in [0.2, 0.25) is 5.89 Å². The summed E-state index contributed by atoms with van der Waals surface area (Å²) in [6, 6.07) is 1.15. The van der Waals surface area contributed by atoms with Crippen molar-refractivity contribution in [1.82, 2.24) is 15.5 Å². The van der Waals surface area contributed by atoms with E-state index in [2.05, 4.69) is 27.8 Å². The Morgan fingerprint density at radius 2 is 2.22 bits per heavy atom. The first-order valence-corrected chi connectivity index (χ1v) is 7.00. The number of nitrogens with one attached hydrogen (secondary N) is 2. The number of aromatic nitrogens is 2. The van der Waals surface area contributed by atoms with Crippen LogP contribution in [0.15, 0.2) is 4.42 Å². The van der Waals surface area contributed by atoms with Gasteiger partial charge in [-0.1, -0.05) is 31.3 Å². The van der Waals surface area contributed by atoms with Crippen molar-refractivity contribution < 1.29 is 4.42 Å². The van der Waals surface area contributed by atoms with Gasteiger partial charge in [-0.15, -0.1) is 5.10 Å². The Labute approximate surface area is 109 Å². The van der Waals surface area contributed by atoms with E-state index in [1.54, 1.807) is 0 Å². The molecular weight excluding hydrogens is 228 g/mol. The third-order valence-electron chi connectivity index (χ3n) is 3.93. The molecule has 18 heavy (non-hydrogen) atoms. The molecule has 1 saturated carbocycles. The molecule has 1 aliphatic carbocycles. The minimum absolute atomic E-state index is 0.0998. The normalized spacial score (nSPS) is 25.9. The number of nitrogens with zero attached hydrogens (tertiary/aromatic N) is 2. The van der Waals surface area contributed by atoms with E-state index in [9.17, 15) is 0 Å². The first kappa shape index (κ1) is 13.3. The fraction of sp³-hybridized carbons (Fsp3) is 0.846. The van der Waals surface area contributed by atoms with E-state index in [0.717, 1.165) is 5.92 Å². The van der Waals surface area contributed by atoms with Crippen molar-refractivity contribution in [2.24, 2.45) is 5.92 Å². The number of anilines is 1. The highest BCUT2D eigenvalue weighted by molar-refractivity contribution is 5.20. The molecular formula is C13H24N4O. The summed E-state index contributed by atoms with van der Waals surface area (Å²) in [5.41, 5.74) is 0. The fourth-order valence-corrected chi connectivity index (χ4v) is 2.56. The largest absolute Gasteiger partial charge is 0.406 e. The summed E-state index contributed by atoms with van der Waals surface area (Å²) < 4.78 is 5.61. The van der Waals surface area contributed by atoms with Crippen molar-refractivity contribution in [3.05, 3.63) is 5.89 Å². The molecule has 5 heteroatoms. The maximum atomic E-state index is 5.61. The summed E-state index contributed by atoms with van der Waals surface area (Å²) in [5, 5.41) is 14.6. The topological polar surface area (TPSA) is 63.0 Å². The van der Waals surface area contributed by atoms with E-state index in [0.29, 0.717) is 17.9 Å². The molecule has 0 bridgehead atoms. The summed E-state index contributed by atoms with van der Waals surface area (Å²) in [4.78, 5) is 0. The summed E-state index contributed by atoms with van der Waals surface area (Å²) in [6.07, 6.45) is 6.35. The molecule has 1 aromatic heterocycles. The van der Waals surface area contributed by atoms with Gasteiger partial charge < -0.3 is 15.1 Å². The quantitative estimate of drug-likeness (QED) is 0.843.